The molecular weight excluding hydrogens is 216 g/mol. The number of methoxy groups -OCH3 is 1. The van der Waals surface area contributed by atoms with Crippen molar-refractivity contribution < 1.29 is 9.53 Å². The van der Waals surface area contributed by atoms with Gasteiger partial charge in [0.1, 0.15) is 5.75 Å². The third kappa shape index (κ3) is 5.24. The van der Waals surface area contributed by atoms with Gasteiger partial charge in [0.05, 0.1) is 7.11 Å². The maximum absolute atomic E-state index is 11.3. The molecule has 0 spiro atoms. The summed E-state index contributed by atoms with van der Waals surface area (Å²) in [5.41, 5.74) is 1.18. The van der Waals surface area contributed by atoms with Crippen molar-refractivity contribution >= 4 is 6.03 Å². The third-order valence-electron chi connectivity index (χ3n) is 2.39. The standard InChI is InChI=1S/C13H20N2O2/c1-3-9-14-13(16)15-10-8-11-4-6-12(17-2)7-5-11/h4-7H,3,8-10H2,1-2H3,(H2,14,15,16). The Kier molecular flexibility index (Phi) is 5.93. The van der Waals surface area contributed by atoms with Gasteiger partial charge in [-0.15, -0.1) is 0 Å². The fourth-order valence-electron chi connectivity index (χ4n) is 1.41. The summed E-state index contributed by atoms with van der Waals surface area (Å²) in [6.45, 7) is 3.38. The van der Waals surface area contributed by atoms with Crippen molar-refractivity contribution in [2.24, 2.45) is 0 Å². The first kappa shape index (κ1) is 13.4. The summed E-state index contributed by atoms with van der Waals surface area (Å²) >= 11 is 0. The van der Waals surface area contributed by atoms with E-state index < -0.39 is 0 Å². The monoisotopic (exact) mass is 236 g/mol. The zero-order chi connectivity index (χ0) is 12.5. The van der Waals surface area contributed by atoms with Crippen LogP contribution in [0.4, 0.5) is 4.79 Å². The highest BCUT2D eigenvalue weighted by Crippen LogP contribution is 2.11. The first-order valence-electron chi connectivity index (χ1n) is 5.91. The Morgan fingerprint density at radius 2 is 1.82 bits per heavy atom. The molecule has 4 nitrogen and oxygen atoms in total. The molecule has 0 aromatic heterocycles. The number of nitrogens with one attached hydrogen (secondary N) is 2. The zero-order valence-corrected chi connectivity index (χ0v) is 10.5. The van der Waals surface area contributed by atoms with Crippen LogP contribution in [0.1, 0.15) is 18.9 Å². The van der Waals surface area contributed by atoms with Gasteiger partial charge in [0.2, 0.25) is 0 Å². The van der Waals surface area contributed by atoms with Crippen LogP contribution in [-0.2, 0) is 6.42 Å². The minimum atomic E-state index is -0.0969. The van der Waals surface area contributed by atoms with E-state index in [1.54, 1.807) is 7.11 Å². The van der Waals surface area contributed by atoms with Gasteiger partial charge in [-0.2, -0.15) is 0 Å². The average Bonchev–Trinajstić information content (AvgIpc) is 2.37. The lowest BCUT2D eigenvalue weighted by molar-refractivity contribution is 0.241. The van der Waals surface area contributed by atoms with E-state index in [0.29, 0.717) is 13.1 Å². The van der Waals surface area contributed by atoms with Gasteiger partial charge in [0, 0.05) is 13.1 Å². The van der Waals surface area contributed by atoms with Crippen molar-refractivity contribution in [1.82, 2.24) is 10.6 Å². The van der Waals surface area contributed by atoms with E-state index in [4.69, 9.17) is 4.74 Å². The number of carbonyl (C=O) groups is 1. The van der Waals surface area contributed by atoms with Crippen molar-refractivity contribution in [3.05, 3.63) is 29.8 Å². The maximum Gasteiger partial charge on any atom is 0.314 e. The average molecular weight is 236 g/mol. The first-order chi connectivity index (χ1) is 8.26. The topological polar surface area (TPSA) is 50.4 Å². The second-order valence-corrected chi connectivity index (χ2v) is 3.78. The van der Waals surface area contributed by atoms with Crippen molar-refractivity contribution in [1.29, 1.82) is 0 Å². The summed E-state index contributed by atoms with van der Waals surface area (Å²) in [6, 6.07) is 7.76. The lowest BCUT2D eigenvalue weighted by atomic mass is 10.1. The second kappa shape index (κ2) is 7.54. The molecule has 0 heterocycles. The number of carbonyl (C=O) groups excluding carboxylic acids is 1. The number of amides is 2. The summed E-state index contributed by atoms with van der Waals surface area (Å²) in [4.78, 5) is 11.3. The minimum Gasteiger partial charge on any atom is -0.497 e. The van der Waals surface area contributed by atoms with Crippen molar-refractivity contribution in [3.63, 3.8) is 0 Å². The lowest BCUT2D eigenvalue weighted by Crippen LogP contribution is -2.36. The SMILES string of the molecule is CCCNC(=O)NCCc1ccc(OC)cc1. The predicted octanol–water partition coefficient (Wildman–Crippen LogP) is 1.95. The van der Waals surface area contributed by atoms with E-state index in [2.05, 4.69) is 10.6 Å². The molecule has 0 aliphatic rings. The van der Waals surface area contributed by atoms with Gasteiger partial charge in [0.15, 0.2) is 0 Å². The fraction of sp³-hybridized carbons (Fsp3) is 0.462. The molecule has 4 heteroatoms. The van der Waals surface area contributed by atoms with E-state index in [9.17, 15) is 4.79 Å². The van der Waals surface area contributed by atoms with E-state index in [-0.39, 0.29) is 6.03 Å². The molecule has 0 atom stereocenters. The van der Waals surface area contributed by atoms with Gasteiger partial charge in [-0.05, 0) is 30.5 Å². The molecule has 0 aliphatic heterocycles. The van der Waals surface area contributed by atoms with Crippen LogP contribution in [0.25, 0.3) is 0 Å². The summed E-state index contributed by atoms with van der Waals surface area (Å²) in [5.74, 6) is 0.849. The molecule has 1 rings (SSSR count). The van der Waals surface area contributed by atoms with E-state index >= 15 is 0 Å². The normalized spacial score (nSPS) is 9.76. The number of ether oxygens (including phenoxy) is 1. The number of rotatable bonds is 6. The summed E-state index contributed by atoms with van der Waals surface area (Å²) in [7, 11) is 1.65. The zero-order valence-electron chi connectivity index (χ0n) is 10.5. The predicted molar refractivity (Wildman–Crippen MR) is 68.4 cm³/mol. The highest BCUT2D eigenvalue weighted by atomic mass is 16.5. The van der Waals surface area contributed by atoms with E-state index in [1.807, 2.05) is 31.2 Å². The molecule has 1 aromatic carbocycles. The third-order valence-corrected chi connectivity index (χ3v) is 2.39. The summed E-state index contributed by atoms with van der Waals surface area (Å²) < 4.78 is 5.08. The molecule has 0 fully saturated rings. The molecule has 0 saturated heterocycles. The van der Waals surface area contributed by atoms with Gasteiger partial charge >= 0.3 is 6.03 Å². The van der Waals surface area contributed by atoms with Gasteiger partial charge in [0.25, 0.3) is 0 Å². The Labute approximate surface area is 102 Å². The van der Waals surface area contributed by atoms with Crippen LogP contribution < -0.4 is 15.4 Å². The van der Waals surface area contributed by atoms with Gasteiger partial charge in [-0.3, -0.25) is 0 Å². The Morgan fingerprint density at radius 1 is 1.18 bits per heavy atom. The van der Waals surface area contributed by atoms with Crippen LogP contribution in [0.15, 0.2) is 24.3 Å². The molecule has 94 valence electrons. The van der Waals surface area contributed by atoms with Crippen LogP contribution in [0.2, 0.25) is 0 Å². The minimum absolute atomic E-state index is 0.0969. The highest BCUT2D eigenvalue weighted by Gasteiger charge is 1.98. The largest absolute Gasteiger partial charge is 0.497 e. The molecule has 0 bridgehead atoms. The Morgan fingerprint density at radius 3 is 2.41 bits per heavy atom. The molecular formula is C13H20N2O2. The Hall–Kier alpha value is -1.71. The number of urea groups is 1. The number of hydrogen-bond donors (Lipinski definition) is 2. The fourth-order valence-corrected chi connectivity index (χ4v) is 1.41. The summed E-state index contributed by atoms with van der Waals surface area (Å²) in [6.07, 6.45) is 1.77. The number of benzene rings is 1. The molecule has 0 saturated carbocycles. The molecule has 2 amide bonds. The maximum atomic E-state index is 11.3. The quantitative estimate of drug-likeness (QED) is 0.793. The van der Waals surface area contributed by atoms with Crippen LogP contribution in [0.5, 0.6) is 5.75 Å². The van der Waals surface area contributed by atoms with Crippen molar-refractivity contribution in [3.8, 4) is 5.75 Å². The Bertz CT molecular complexity index is 336. The summed E-state index contributed by atoms with van der Waals surface area (Å²) in [5, 5.41) is 5.58. The van der Waals surface area contributed by atoms with Crippen LogP contribution >= 0.6 is 0 Å². The molecule has 2 N–H and O–H groups in total. The smallest absolute Gasteiger partial charge is 0.314 e. The number of hydrogen-bond acceptors (Lipinski definition) is 2. The van der Waals surface area contributed by atoms with Crippen LogP contribution in [0.3, 0.4) is 0 Å². The second-order valence-electron chi connectivity index (χ2n) is 3.78. The first-order valence-corrected chi connectivity index (χ1v) is 5.91. The van der Waals surface area contributed by atoms with Gasteiger partial charge in [-0.25, -0.2) is 4.79 Å². The Balaban J connectivity index is 2.23. The molecule has 0 aliphatic carbocycles. The van der Waals surface area contributed by atoms with E-state index in [1.165, 1.54) is 5.56 Å². The van der Waals surface area contributed by atoms with E-state index in [0.717, 1.165) is 18.6 Å². The van der Waals surface area contributed by atoms with Crippen LogP contribution in [-0.4, -0.2) is 26.2 Å². The highest BCUT2D eigenvalue weighted by molar-refractivity contribution is 5.73. The van der Waals surface area contributed by atoms with Crippen molar-refractivity contribution in [2.45, 2.75) is 19.8 Å². The molecule has 17 heavy (non-hydrogen) atoms. The van der Waals surface area contributed by atoms with Gasteiger partial charge < -0.3 is 15.4 Å². The van der Waals surface area contributed by atoms with Crippen molar-refractivity contribution in [2.75, 3.05) is 20.2 Å². The molecule has 0 unspecified atom stereocenters. The lowest BCUT2D eigenvalue weighted by Gasteiger charge is -2.07. The molecule has 0 radical (unpaired) electrons. The van der Waals surface area contributed by atoms with Crippen LogP contribution in [0, 0.1) is 0 Å². The molecule has 1 aromatic rings. The van der Waals surface area contributed by atoms with Gasteiger partial charge in [-0.1, -0.05) is 19.1 Å².